The summed E-state index contributed by atoms with van der Waals surface area (Å²) in [7, 11) is 1.48. The molecule has 0 bridgehead atoms. The minimum absolute atomic E-state index is 0.0332. The summed E-state index contributed by atoms with van der Waals surface area (Å²) in [5, 5.41) is 4.66. The van der Waals surface area contributed by atoms with Crippen molar-refractivity contribution >= 4 is 39.9 Å². The second kappa shape index (κ2) is 9.15. The molecule has 1 N–H and O–H groups in total. The summed E-state index contributed by atoms with van der Waals surface area (Å²) in [6, 6.07) is 8.25. The lowest BCUT2D eigenvalue weighted by atomic mass is 10.1. The monoisotopic (exact) mass is 434 g/mol. The second-order valence-electron chi connectivity index (χ2n) is 5.92. The lowest BCUT2D eigenvalue weighted by Crippen LogP contribution is -2.14. The number of aromatic nitrogens is 1. The lowest BCUT2D eigenvalue weighted by Gasteiger charge is -2.06. The molecule has 3 rings (SSSR count). The van der Waals surface area contributed by atoms with Crippen LogP contribution in [0.5, 0.6) is 5.75 Å². The van der Waals surface area contributed by atoms with Gasteiger partial charge >= 0.3 is 0 Å². The van der Waals surface area contributed by atoms with E-state index in [0.29, 0.717) is 22.1 Å². The van der Waals surface area contributed by atoms with E-state index in [2.05, 4.69) is 10.3 Å². The minimum atomic E-state index is -0.551. The zero-order valence-corrected chi connectivity index (χ0v) is 17.1. The van der Waals surface area contributed by atoms with Gasteiger partial charge in [0.2, 0.25) is 5.91 Å². The number of hydrogen-bond donors (Lipinski definition) is 1. The molecular formula is C20H16F2N2O3S2. The molecule has 3 aromatic rings. The quantitative estimate of drug-likeness (QED) is 0.417. The normalized spacial score (nSPS) is 10.6. The van der Waals surface area contributed by atoms with Crippen molar-refractivity contribution in [1.82, 2.24) is 4.98 Å². The largest absolute Gasteiger partial charge is 0.496 e. The number of ketones is 1. The molecule has 0 saturated carbocycles. The van der Waals surface area contributed by atoms with E-state index in [1.54, 1.807) is 5.38 Å². The number of thiazole rings is 1. The van der Waals surface area contributed by atoms with E-state index in [1.807, 2.05) is 0 Å². The maximum atomic E-state index is 14.0. The van der Waals surface area contributed by atoms with Gasteiger partial charge in [0.25, 0.3) is 0 Å². The zero-order chi connectivity index (χ0) is 21.0. The molecule has 0 spiro atoms. The Hall–Kier alpha value is -2.78. The molecule has 29 heavy (non-hydrogen) atoms. The third-order valence-corrected chi connectivity index (χ3v) is 5.69. The Bertz CT molecular complexity index is 1070. The number of carbonyl (C=O) groups is 2. The van der Waals surface area contributed by atoms with E-state index >= 15 is 0 Å². The smallest absolute Gasteiger partial charge is 0.236 e. The summed E-state index contributed by atoms with van der Waals surface area (Å²) in [5.41, 5.74) is 1.23. The average Bonchev–Trinajstić information content (AvgIpc) is 3.15. The summed E-state index contributed by atoms with van der Waals surface area (Å²) in [4.78, 5) is 28.0. The van der Waals surface area contributed by atoms with Crippen LogP contribution < -0.4 is 10.1 Å². The van der Waals surface area contributed by atoms with Gasteiger partial charge in [0.15, 0.2) is 10.9 Å². The van der Waals surface area contributed by atoms with Crippen LogP contribution in [-0.2, 0) is 4.79 Å². The molecular weight excluding hydrogens is 418 g/mol. The van der Waals surface area contributed by atoms with Crippen LogP contribution in [0.2, 0.25) is 0 Å². The van der Waals surface area contributed by atoms with Crippen molar-refractivity contribution < 1.29 is 23.1 Å². The van der Waals surface area contributed by atoms with Gasteiger partial charge in [-0.15, -0.1) is 23.1 Å². The number of amides is 1. The van der Waals surface area contributed by atoms with Crippen LogP contribution in [0, 0.1) is 11.6 Å². The Labute approximate surface area is 174 Å². The first-order chi connectivity index (χ1) is 13.9. The van der Waals surface area contributed by atoms with Crippen molar-refractivity contribution in [2.75, 3.05) is 18.2 Å². The van der Waals surface area contributed by atoms with Crippen LogP contribution in [0.15, 0.2) is 46.7 Å². The molecule has 0 aliphatic rings. The van der Waals surface area contributed by atoms with Crippen molar-refractivity contribution in [3.63, 3.8) is 0 Å². The number of carbonyl (C=O) groups excluding carboxylic acids is 2. The topological polar surface area (TPSA) is 68.3 Å². The standard InChI is InChI=1S/C20H16F2N2O3S2/c1-11(25)12-3-6-18(15(22)7-12)28-10-19(26)24-20-23-16(9-29-20)14-8-13(21)4-5-17(14)27-2/h3-9H,10H2,1-2H3,(H,23,24,26). The third-order valence-electron chi connectivity index (χ3n) is 3.89. The number of halogens is 2. The molecule has 5 nitrogen and oxygen atoms in total. The van der Waals surface area contributed by atoms with Crippen LogP contribution in [-0.4, -0.2) is 29.5 Å². The Kier molecular flexibility index (Phi) is 6.60. The third kappa shape index (κ3) is 5.18. The van der Waals surface area contributed by atoms with E-state index in [4.69, 9.17) is 4.74 Å². The molecule has 0 unspecified atom stereocenters. The summed E-state index contributed by atoms with van der Waals surface area (Å²) in [6.07, 6.45) is 0. The summed E-state index contributed by atoms with van der Waals surface area (Å²) >= 11 is 2.20. The van der Waals surface area contributed by atoms with Gasteiger partial charge in [-0.1, -0.05) is 6.07 Å². The molecule has 0 saturated heterocycles. The molecule has 1 amide bonds. The molecule has 0 aliphatic heterocycles. The van der Waals surface area contributed by atoms with Crippen LogP contribution in [0.4, 0.5) is 13.9 Å². The van der Waals surface area contributed by atoms with E-state index in [0.717, 1.165) is 17.8 Å². The Balaban J connectivity index is 1.64. The van der Waals surface area contributed by atoms with Gasteiger partial charge in [-0.25, -0.2) is 13.8 Å². The highest BCUT2D eigenvalue weighted by Crippen LogP contribution is 2.33. The maximum Gasteiger partial charge on any atom is 0.236 e. The fourth-order valence-electron chi connectivity index (χ4n) is 2.47. The number of rotatable bonds is 7. The lowest BCUT2D eigenvalue weighted by molar-refractivity contribution is -0.113. The van der Waals surface area contributed by atoms with Gasteiger partial charge in [-0.2, -0.15) is 0 Å². The number of benzene rings is 2. The number of nitrogens with zero attached hydrogens (tertiary/aromatic N) is 1. The summed E-state index contributed by atoms with van der Waals surface area (Å²) in [6.45, 7) is 1.36. The van der Waals surface area contributed by atoms with Crippen molar-refractivity contribution in [3.05, 3.63) is 59.0 Å². The SMILES string of the molecule is COc1ccc(F)cc1-c1csc(NC(=O)CSc2ccc(C(C)=O)cc2F)n1. The predicted octanol–water partition coefficient (Wildman–Crippen LogP) is 5.03. The molecule has 0 fully saturated rings. The van der Waals surface area contributed by atoms with E-state index < -0.39 is 11.6 Å². The highest BCUT2D eigenvalue weighted by atomic mass is 32.2. The fraction of sp³-hybridized carbons (Fsp3) is 0.150. The molecule has 1 aromatic heterocycles. The summed E-state index contributed by atoms with van der Waals surface area (Å²) < 4.78 is 32.8. The minimum Gasteiger partial charge on any atom is -0.496 e. The molecule has 0 radical (unpaired) electrons. The second-order valence-corrected chi connectivity index (χ2v) is 7.80. The Morgan fingerprint density at radius 2 is 2.00 bits per heavy atom. The number of anilines is 1. The average molecular weight is 434 g/mol. The molecule has 0 aliphatic carbocycles. The van der Waals surface area contributed by atoms with Crippen LogP contribution >= 0.6 is 23.1 Å². The number of methoxy groups -OCH3 is 1. The van der Waals surface area contributed by atoms with E-state index in [9.17, 15) is 18.4 Å². The number of ether oxygens (including phenoxy) is 1. The van der Waals surface area contributed by atoms with E-state index in [-0.39, 0.29) is 27.9 Å². The highest BCUT2D eigenvalue weighted by Gasteiger charge is 2.14. The highest BCUT2D eigenvalue weighted by molar-refractivity contribution is 8.00. The molecule has 0 atom stereocenters. The van der Waals surface area contributed by atoms with Gasteiger partial charge in [0.1, 0.15) is 17.4 Å². The molecule has 9 heteroatoms. The first kappa shape index (κ1) is 20.9. The Morgan fingerprint density at radius 1 is 1.21 bits per heavy atom. The van der Waals surface area contributed by atoms with Crippen molar-refractivity contribution in [3.8, 4) is 17.0 Å². The Morgan fingerprint density at radius 3 is 2.69 bits per heavy atom. The number of Topliss-reactive ketones (excluding diaryl/α,β-unsaturated/α-hetero) is 1. The van der Waals surface area contributed by atoms with Crippen LogP contribution in [0.1, 0.15) is 17.3 Å². The van der Waals surface area contributed by atoms with Crippen molar-refractivity contribution in [1.29, 1.82) is 0 Å². The number of nitrogens with one attached hydrogen (secondary N) is 1. The molecule has 1 heterocycles. The molecule has 2 aromatic carbocycles. The first-order valence-electron chi connectivity index (χ1n) is 8.40. The zero-order valence-electron chi connectivity index (χ0n) is 15.5. The maximum absolute atomic E-state index is 14.0. The van der Waals surface area contributed by atoms with Gasteiger partial charge in [0.05, 0.1) is 18.6 Å². The number of hydrogen-bond acceptors (Lipinski definition) is 6. The predicted molar refractivity (Wildman–Crippen MR) is 110 cm³/mol. The van der Waals surface area contributed by atoms with Crippen LogP contribution in [0.3, 0.4) is 0 Å². The van der Waals surface area contributed by atoms with Gasteiger partial charge in [0, 0.05) is 21.4 Å². The fourth-order valence-corrected chi connectivity index (χ4v) is 3.92. The van der Waals surface area contributed by atoms with Crippen LogP contribution in [0.25, 0.3) is 11.3 Å². The number of thioether (sulfide) groups is 1. The van der Waals surface area contributed by atoms with Crippen molar-refractivity contribution in [2.24, 2.45) is 0 Å². The summed E-state index contributed by atoms with van der Waals surface area (Å²) in [5.74, 6) is -1.13. The van der Waals surface area contributed by atoms with Gasteiger partial charge in [-0.05, 0) is 37.3 Å². The van der Waals surface area contributed by atoms with Gasteiger partial charge in [-0.3, -0.25) is 9.59 Å². The van der Waals surface area contributed by atoms with Gasteiger partial charge < -0.3 is 10.1 Å². The molecule has 150 valence electrons. The van der Waals surface area contributed by atoms with E-state index in [1.165, 1.54) is 55.7 Å². The first-order valence-corrected chi connectivity index (χ1v) is 10.3. The van der Waals surface area contributed by atoms with Crippen molar-refractivity contribution in [2.45, 2.75) is 11.8 Å².